The van der Waals surface area contributed by atoms with E-state index in [2.05, 4.69) is 5.32 Å². The molecular formula is C14H16F4N2O. The van der Waals surface area contributed by atoms with Crippen LogP contribution in [0.2, 0.25) is 0 Å². The summed E-state index contributed by atoms with van der Waals surface area (Å²) >= 11 is 0. The molecule has 0 aromatic heterocycles. The third-order valence-corrected chi connectivity index (χ3v) is 3.72. The summed E-state index contributed by atoms with van der Waals surface area (Å²) in [6.07, 6.45) is 2.52. The molecule has 0 aliphatic carbocycles. The molecule has 116 valence electrons. The smallest absolute Gasteiger partial charge is 0.237 e. The van der Waals surface area contributed by atoms with Crippen LogP contribution in [0.5, 0.6) is 0 Å². The summed E-state index contributed by atoms with van der Waals surface area (Å²) in [7, 11) is 1.78. The third-order valence-electron chi connectivity index (χ3n) is 3.72. The Morgan fingerprint density at radius 3 is 2.43 bits per heavy atom. The average molecular weight is 304 g/mol. The van der Waals surface area contributed by atoms with Gasteiger partial charge in [0, 0.05) is 18.2 Å². The predicted octanol–water partition coefficient (Wildman–Crippen LogP) is 2.34. The Kier molecular flexibility index (Phi) is 4.82. The summed E-state index contributed by atoms with van der Waals surface area (Å²) in [4.78, 5) is 13.8. The first kappa shape index (κ1) is 15.8. The normalized spacial score (nSPS) is 19.6. The molecule has 1 aliphatic heterocycles. The summed E-state index contributed by atoms with van der Waals surface area (Å²) in [5.41, 5.74) is -0.806. The van der Waals surface area contributed by atoms with Gasteiger partial charge in [0.2, 0.25) is 5.91 Å². The van der Waals surface area contributed by atoms with Gasteiger partial charge in [0.15, 0.2) is 23.3 Å². The summed E-state index contributed by atoms with van der Waals surface area (Å²) in [6, 6.07) is -0.242. The van der Waals surface area contributed by atoms with E-state index in [1.807, 2.05) is 4.90 Å². The molecule has 3 nitrogen and oxygen atoms in total. The zero-order valence-electron chi connectivity index (χ0n) is 11.6. The molecule has 1 atom stereocenters. The largest absolute Gasteiger partial charge is 0.350 e. The quantitative estimate of drug-likeness (QED) is 0.687. The maximum Gasteiger partial charge on any atom is 0.237 e. The van der Waals surface area contributed by atoms with Gasteiger partial charge in [0.05, 0.1) is 6.04 Å². The number of nitrogens with one attached hydrogen (secondary N) is 1. The molecule has 0 spiro atoms. The van der Waals surface area contributed by atoms with Crippen LogP contribution in [0.4, 0.5) is 17.6 Å². The van der Waals surface area contributed by atoms with Crippen molar-refractivity contribution in [3.05, 3.63) is 34.9 Å². The van der Waals surface area contributed by atoms with Crippen LogP contribution in [0.15, 0.2) is 6.07 Å². The average Bonchev–Trinajstić information content (AvgIpc) is 2.45. The van der Waals surface area contributed by atoms with Gasteiger partial charge in [-0.15, -0.1) is 0 Å². The van der Waals surface area contributed by atoms with Crippen molar-refractivity contribution in [1.29, 1.82) is 0 Å². The fourth-order valence-electron chi connectivity index (χ4n) is 2.48. The van der Waals surface area contributed by atoms with Crippen molar-refractivity contribution in [3.8, 4) is 0 Å². The van der Waals surface area contributed by atoms with Gasteiger partial charge >= 0.3 is 0 Å². The van der Waals surface area contributed by atoms with Crippen LogP contribution in [-0.4, -0.2) is 30.4 Å². The molecule has 1 fully saturated rings. The second kappa shape index (κ2) is 6.43. The molecule has 21 heavy (non-hydrogen) atoms. The number of hydrogen-bond acceptors (Lipinski definition) is 2. The van der Waals surface area contributed by atoms with E-state index in [0.29, 0.717) is 6.42 Å². The monoisotopic (exact) mass is 304 g/mol. The highest BCUT2D eigenvalue weighted by atomic mass is 19.2. The van der Waals surface area contributed by atoms with Crippen molar-refractivity contribution < 1.29 is 22.4 Å². The van der Waals surface area contributed by atoms with Crippen LogP contribution in [-0.2, 0) is 11.3 Å². The number of amides is 1. The van der Waals surface area contributed by atoms with Crippen molar-refractivity contribution in [1.82, 2.24) is 10.2 Å². The van der Waals surface area contributed by atoms with E-state index >= 15 is 0 Å². The minimum Gasteiger partial charge on any atom is -0.350 e. The lowest BCUT2D eigenvalue weighted by atomic mass is 10.0. The molecular weight excluding hydrogens is 288 g/mol. The van der Waals surface area contributed by atoms with Gasteiger partial charge in [0.1, 0.15) is 0 Å². The number of benzene rings is 1. The lowest BCUT2D eigenvalue weighted by molar-refractivity contribution is -0.127. The van der Waals surface area contributed by atoms with Crippen LogP contribution in [0.25, 0.3) is 0 Å². The van der Waals surface area contributed by atoms with Gasteiger partial charge < -0.3 is 5.32 Å². The molecule has 0 unspecified atom stereocenters. The van der Waals surface area contributed by atoms with Crippen LogP contribution in [0.3, 0.4) is 0 Å². The Morgan fingerprint density at radius 1 is 1.24 bits per heavy atom. The molecule has 0 saturated carbocycles. The molecule has 1 N–H and O–H groups in total. The first-order valence-electron chi connectivity index (χ1n) is 6.71. The zero-order chi connectivity index (χ0) is 15.6. The molecule has 0 radical (unpaired) electrons. The van der Waals surface area contributed by atoms with Crippen molar-refractivity contribution in [2.24, 2.45) is 0 Å². The number of carbonyl (C=O) groups excluding carboxylic acids is 1. The number of piperidine rings is 1. The van der Waals surface area contributed by atoms with Crippen LogP contribution in [0, 0.1) is 23.3 Å². The molecule has 7 heteroatoms. The SMILES string of the molecule is CN1CCCC[C@H]1C(=O)NCc1c(F)c(F)cc(F)c1F. The number of carbonyl (C=O) groups is 1. The standard InChI is InChI=1S/C14H16F4N2O/c1-20-5-3-2-4-11(20)14(21)19-7-8-12(17)9(15)6-10(16)13(8)18/h6,11H,2-5,7H2,1H3,(H,19,21)/t11-/m0/s1. The summed E-state index contributed by atoms with van der Waals surface area (Å²) in [6.45, 7) is 0.172. The van der Waals surface area contributed by atoms with E-state index < -0.39 is 41.3 Å². The van der Waals surface area contributed by atoms with Gasteiger partial charge in [-0.1, -0.05) is 6.42 Å². The molecule has 1 aromatic carbocycles. The molecule has 1 aliphatic rings. The Bertz CT molecular complexity index is 524. The molecule has 1 heterocycles. The van der Waals surface area contributed by atoms with E-state index in [1.165, 1.54) is 0 Å². The topological polar surface area (TPSA) is 32.3 Å². The summed E-state index contributed by atoms with van der Waals surface area (Å²) in [5, 5.41) is 2.34. The zero-order valence-corrected chi connectivity index (χ0v) is 11.6. The summed E-state index contributed by atoms with van der Waals surface area (Å²) < 4.78 is 53.1. The maximum absolute atomic E-state index is 13.5. The number of likely N-dealkylation sites (tertiary alicyclic amines) is 1. The predicted molar refractivity (Wildman–Crippen MR) is 68.4 cm³/mol. The molecule has 1 aromatic rings. The minimum atomic E-state index is -1.48. The highest BCUT2D eigenvalue weighted by Gasteiger charge is 2.26. The van der Waals surface area contributed by atoms with Crippen LogP contribution < -0.4 is 5.32 Å². The van der Waals surface area contributed by atoms with E-state index in [9.17, 15) is 22.4 Å². The molecule has 2 rings (SSSR count). The summed E-state index contributed by atoms with van der Waals surface area (Å²) in [5.74, 6) is -6.32. The number of rotatable bonds is 3. The number of hydrogen-bond donors (Lipinski definition) is 1. The Morgan fingerprint density at radius 2 is 1.86 bits per heavy atom. The lowest BCUT2D eigenvalue weighted by Crippen LogP contribution is -2.47. The molecule has 1 saturated heterocycles. The molecule has 0 bridgehead atoms. The van der Waals surface area contributed by atoms with Crippen LogP contribution in [0.1, 0.15) is 24.8 Å². The fraction of sp³-hybridized carbons (Fsp3) is 0.500. The first-order valence-corrected chi connectivity index (χ1v) is 6.71. The van der Waals surface area contributed by atoms with Gasteiger partial charge in [-0.3, -0.25) is 9.69 Å². The number of nitrogens with zero attached hydrogens (tertiary/aromatic N) is 1. The van der Waals surface area contributed by atoms with E-state index in [0.717, 1.165) is 19.4 Å². The van der Waals surface area contributed by atoms with E-state index in [-0.39, 0.29) is 12.1 Å². The van der Waals surface area contributed by atoms with Gasteiger partial charge in [0.25, 0.3) is 0 Å². The van der Waals surface area contributed by atoms with Crippen LogP contribution >= 0.6 is 0 Å². The van der Waals surface area contributed by atoms with E-state index in [1.54, 1.807) is 7.05 Å². The lowest BCUT2D eigenvalue weighted by Gasteiger charge is -2.31. The second-order valence-corrected chi connectivity index (χ2v) is 5.16. The second-order valence-electron chi connectivity index (χ2n) is 5.16. The highest BCUT2D eigenvalue weighted by Crippen LogP contribution is 2.20. The third kappa shape index (κ3) is 3.34. The molecule has 1 amide bonds. The van der Waals surface area contributed by atoms with Crippen molar-refractivity contribution >= 4 is 5.91 Å². The van der Waals surface area contributed by atoms with Gasteiger partial charge in [-0.25, -0.2) is 17.6 Å². The van der Waals surface area contributed by atoms with Crippen molar-refractivity contribution in [2.45, 2.75) is 31.8 Å². The Balaban J connectivity index is 2.08. The van der Waals surface area contributed by atoms with Gasteiger partial charge in [-0.05, 0) is 26.4 Å². The van der Waals surface area contributed by atoms with Crippen molar-refractivity contribution in [3.63, 3.8) is 0 Å². The fourth-order valence-corrected chi connectivity index (χ4v) is 2.48. The maximum atomic E-state index is 13.5. The minimum absolute atomic E-state index is 0.144. The van der Waals surface area contributed by atoms with Crippen molar-refractivity contribution in [2.75, 3.05) is 13.6 Å². The first-order chi connectivity index (χ1) is 9.91. The number of likely N-dealkylation sites (N-methyl/N-ethyl adjacent to an activating group) is 1. The highest BCUT2D eigenvalue weighted by molar-refractivity contribution is 5.81. The van der Waals surface area contributed by atoms with E-state index in [4.69, 9.17) is 0 Å². The Labute approximate surface area is 119 Å². The number of halogens is 4. The Hall–Kier alpha value is -1.63. The van der Waals surface area contributed by atoms with Gasteiger partial charge in [-0.2, -0.15) is 0 Å².